The zero-order valence-electron chi connectivity index (χ0n) is 8.99. The summed E-state index contributed by atoms with van der Waals surface area (Å²) in [6, 6.07) is 10.4. The Labute approximate surface area is 87.7 Å². The summed E-state index contributed by atoms with van der Waals surface area (Å²) in [4.78, 5) is 0. The molecule has 14 heavy (non-hydrogen) atoms. The molecule has 1 aromatic rings. The van der Waals surface area contributed by atoms with E-state index in [1.165, 1.54) is 5.19 Å². The normalized spacial score (nSPS) is 12.6. The van der Waals surface area contributed by atoms with E-state index in [1.807, 2.05) is 12.1 Å². The van der Waals surface area contributed by atoms with Gasteiger partial charge in [0.25, 0.3) is 0 Å². The Morgan fingerprint density at radius 2 is 1.79 bits per heavy atom. The molecule has 0 bridgehead atoms. The molecule has 0 saturated heterocycles. The van der Waals surface area contributed by atoms with Gasteiger partial charge in [-0.15, -0.1) is 0 Å². The maximum absolute atomic E-state index is 9.54. The highest BCUT2D eigenvalue weighted by Gasteiger charge is 2.08. The third kappa shape index (κ3) is 3.90. The second kappa shape index (κ2) is 4.58. The summed E-state index contributed by atoms with van der Waals surface area (Å²) in [5.41, 5.74) is 1.45. The molecule has 0 saturated carbocycles. The molecule has 1 nitrogen and oxygen atoms in total. The van der Waals surface area contributed by atoms with Gasteiger partial charge in [-0.25, -0.2) is 0 Å². The summed E-state index contributed by atoms with van der Waals surface area (Å²) >= 11 is 0. The summed E-state index contributed by atoms with van der Waals surface area (Å²) in [6.45, 7) is 5.82. The molecular formula is C12H17OSi. The molecule has 0 heterocycles. The van der Waals surface area contributed by atoms with Crippen LogP contribution in [0.15, 0.2) is 42.1 Å². The van der Waals surface area contributed by atoms with Crippen molar-refractivity contribution in [2.75, 3.05) is 0 Å². The predicted molar refractivity (Wildman–Crippen MR) is 63.1 cm³/mol. The van der Waals surface area contributed by atoms with Gasteiger partial charge in [0.2, 0.25) is 0 Å². The third-order valence-corrected chi connectivity index (χ3v) is 3.88. The van der Waals surface area contributed by atoms with E-state index in [-0.39, 0.29) is 0 Å². The number of aliphatic hydroxyl groups is 1. The molecule has 0 aliphatic rings. The number of rotatable bonds is 3. The van der Waals surface area contributed by atoms with Gasteiger partial charge in [-0.3, -0.25) is 0 Å². The van der Waals surface area contributed by atoms with Crippen molar-refractivity contribution in [3.63, 3.8) is 0 Å². The van der Waals surface area contributed by atoms with Crippen molar-refractivity contribution in [2.45, 2.75) is 26.0 Å². The fourth-order valence-corrected chi connectivity index (χ4v) is 2.69. The Balaban J connectivity index is 2.69. The lowest BCUT2D eigenvalue weighted by Gasteiger charge is -2.12. The summed E-state index contributed by atoms with van der Waals surface area (Å²) in [5, 5.41) is 10.9. The van der Waals surface area contributed by atoms with E-state index in [0.29, 0.717) is 0 Å². The first-order valence-corrected chi connectivity index (χ1v) is 6.87. The number of hydrogen-bond acceptors (Lipinski definition) is 1. The van der Waals surface area contributed by atoms with Crippen LogP contribution in [0.5, 0.6) is 0 Å². The van der Waals surface area contributed by atoms with Crippen LogP contribution in [0.3, 0.4) is 0 Å². The van der Waals surface area contributed by atoms with Crippen LogP contribution in [-0.2, 0) is 0 Å². The lowest BCUT2D eigenvalue weighted by Crippen LogP contribution is -2.25. The Hall–Kier alpha value is -0.863. The van der Waals surface area contributed by atoms with Gasteiger partial charge in [0, 0.05) is 0 Å². The molecule has 1 N–H and O–H groups in total. The van der Waals surface area contributed by atoms with Crippen LogP contribution in [0.1, 0.15) is 13.8 Å². The SMILES string of the molecule is C[Si](/C=C/C(C)(C)O)c1ccccc1. The van der Waals surface area contributed by atoms with Gasteiger partial charge in [-0.2, -0.15) is 0 Å². The van der Waals surface area contributed by atoms with Gasteiger partial charge in [0.15, 0.2) is 0 Å². The second-order valence-electron chi connectivity index (χ2n) is 4.04. The van der Waals surface area contributed by atoms with Crippen LogP contribution in [0.2, 0.25) is 6.55 Å². The van der Waals surface area contributed by atoms with E-state index in [1.54, 1.807) is 13.8 Å². The molecule has 0 aliphatic heterocycles. The highest BCUT2D eigenvalue weighted by Crippen LogP contribution is 2.03. The Kier molecular flexibility index (Phi) is 3.67. The summed E-state index contributed by atoms with van der Waals surface area (Å²) < 4.78 is 0. The summed E-state index contributed by atoms with van der Waals surface area (Å²) in [6.07, 6.45) is 1.88. The van der Waals surface area contributed by atoms with Gasteiger partial charge >= 0.3 is 0 Å². The van der Waals surface area contributed by atoms with Crippen molar-refractivity contribution in [3.05, 3.63) is 42.1 Å². The Bertz CT molecular complexity index is 298. The predicted octanol–water partition coefficient (Wildman–Crippen LogP) is 1.88. The van der Waals surface area contributed by atoms with Gasteiger partial charge in [0.1, 0.15) is 8.80 Å². The third-order valence-electron chi connectivity index (χ3n) is 1.97. The minimum Gasteiger partial charge on any atom is -0.386 e. The molecule has 0 spiro atoms. The van der Waals surface area contributed by atoms with Crippen LogP contribution in [0.25, 0.3) is 0 Å². The van der Waals surface area contributed by atoms with Crippen LogP contribution in [0, 0.1) is 0 Å². The van der Waals surface area contributed by atoms with Gasteiger partial charge in [0.05, 0.1) is 5.60 Å². The quantitative estimate of drug-likeness (QED) is 0.747. The van der Waals surface area contributed by atoms with Crippen molar-refractivity contribution in [1.82, 2.24) is 0 Å². The monoisotopic (exact) mass is 205 g/mol. The molecular weight excluding hydrogens is 188 g/mol. The van der Waals surface area contributed by atoms with Crippen molar-refractivity contribution >= 4 is 14.0 Å². The molecule has 75 valence electrons. The van der Waals surface area contributed by atoms with Crippen LogP contribution >= 0.6 is 0 Å². The molecule has 0 atom stereocenters. The fourth-order valence-electron chi connectivity index (χ4n) is 1.13. The molecule has 0 unspecified atom stereocenters. The molecule has 0 aliphatic carbocycles. The summed E-state index contributed by atoms with van der Waals surface area (Å²) in [5.74, 6) is 0. The largest absolute Gasteiger partial charge is 0.386 e. The van der Waals surface area contributed by atoms with Crippen molar-refractivity contribution < 1.29 is 5.11 Å². The molecule has 0 fully saturated rings. The van der Waals surface area contributed by atoms with E-state index < -0.39 is 14.4 Å². The minimum absolute atomic E-state index is 0.641. The maximum Gasteiger partial charge on any atom is 0.109 e. The van der Waals surface area contributed by atoms with Crippen LogP contribution < -0.4 is 5.19 Å². The van der Waals surface area contributed by atoms with Gasteiger partial charge in [-0.05, 0) is 13.8 Å². The van der Waals surface area contributed by atoms with Crippen molar-refractivity contribution in [3.8, 4) is 0 Å². The molecule has 1 aromatic carbocycles. The Morgan fingerprint density at radius 3 is 2.29 bits per heavy atom. The van der Waals surface area contributed by atoms with Gasteiger partial charge in [-0.1, -0.05) is 53.8 Å². The Morgan fingerprint density at radius 1 is 1.21 bits per heavy atom. The lowest BCUT2D eigenvalue weighted by atomic mass is 10.1. The van der Waals surface area contributed by atoms with Crippen molar-refractivity contribution in [2.24, 2.45) is 0 Å². The number of hydrogen-bond donors (Lipinski definition) is 1. The molecule has 0 amide bonds. The van der Waals surface area contributed by atoms with E-state index in [0.717, 1.165) is 0 Å². The smallest absolute Gasteiger partial charge is 0.109 e. The topological polar surface area (TPSA) is 20.2 Å². The fraction of sp³-hybridized carbons (Fsp3) is 0.333. The zero-order chi connectivity index (χ0) is 10.6. The standard InChI is InChI=1S/C12H17OSi/c1-12(2,13)9-10-14(3)11-7-5-4-6-8-11/h4-10,13H,1-3H3/b10-9+. The molecule has 1 radical (unpaired) electrons. The molecule has 0 aromatic heterocycles. The molecule has 1 rings (SSSR count). The van der Waals surface area contributed by atoms with E-state index in [4.69, 9.17) is 0 Å². The lowest BCUT2D eigenvalue weighted by molar-refractivity contribution is 0.133. The second-order valence-corrected chi connectivity index (χ2v) is 6.31. The van der Waals surface area contributed by atoms with Crippen LogP contribution in [0.4, 0.5) is 0 Å². The van der Waals surface area contributed by atoms with Crippen LogP contribution in [-0.4, -0.2) is 19.5 Å². The van der Waals surface area contributed by atoms with E-state index >= 15 is 0 Å². The van der Waals surface area contributed by atoms with E-state index in [2.05, 4.69) is 36.5 Å². The van der Waals surface area contributed by atoms with Crippen molar-refractivity contribution in [1.29, 1.82) is 0 Å². The minimum atomic E-state index is -0.694. The first kappa shape index (κ1) is 11.2. The highest BCUT2D eigenvalue weighted by molar-refractivity contribution is 6.76. The maximum atomic E-state index is 9.54. The average Bonchev–Trinajstić information content (AvgIpc) is 2.14. The van der Waals surface area contributed by atoms with E-state index in [9.17, 15) is 5.11 Å². The highest BCUT2D eigenvalue weighted by atomic mass is 28.3. The average molecular weight is 205 g/mol. The molecule has 2 heteroatoms. The number of benzene rings is 1. The first-order valence-electron chi connectivity index (χ1n) is 4.79. The zero-order valence-corrected chi connectivity index (χ0v) is 9.99. The first-order chi connectivity index (χ1) is 6.49. The van der Waals surface area contributed by atoms with Gasteiger partial charge < -0.3 is 5.11 Å². The summed E-state index contributed by atoms with van der Waals surface area (Å²) in [7, 11) is -0.641.